The zero-order valence-corrected chi connectivity index (χ0v) is 18.4. The van der Waals surface area contributed by atoms with E-state index in [1.165, 1.54) is 22.6 Å². The summed E-state index contributed by atoms with van der Waals surface area (Å²) >= 11 is 0. The molecule has 5 rings (SSSR count). The van der Waals surface area contributed by atoms with E-state index in [2.05, 4.69) is 0 Å². The average Bonchev–Trinajstić information content (AvgIpc) is 3.30. The molecule has 1 aliphatic rings. The zero-order chi connectivity index (χ0) is 22.5. The van der Waals surface area contributed by atoms with Crippen LogP contribution < -0.4 is 15.9 Å². The monoisotopic (exact) mass is 451 g/mol. The van der Waals surface area contributed by atoms with E-state index >= 15 is 0 Å². The normalized spacial score (nSPS) is 16.7. The van der Waals surface area contributed by atoms with Crippen molar-refractivity contribution >= 4 is 32.3 Å². The van der Waals surface area contributed by atoms with Gasteiger partial charge in [-0.15, -0.1) is 0 Å². The number of aromatic nitrogens is 3. The number of benzene rings is 1. The van der Waals surface area contributed by atoms with Crippen LogP contribution in [-0.4, -0.2) is 30.5 Å². The third-order valence-corrected chi connectivity index (χ3v) is 7.69. The van der Waals surface area contributed by atoms with Gasteiger partial charge in [-0.25, -0.2) is 13.0 Å². The molecular formula is C23H23N4O4S+. The molecule has 1 unspecified atom stereocenters. The highest BCUT2D eigenvalue weighted by Gasteiger charge is 2.31. The predicted molar refractivity (Wildman–Crippen MR) is 119 cm³/mol. The summed E-state index contributed by atoms with van der Waals surface area (Å²) in [5, 5.41) is 0.190. The molecule has 1 aliphatic heterocycles. The SMILES string of the molecule is Cc1cccn2c(=O)c3cc(S(=O)(=O)c4ccccc4)c(N)[n+](CC4CCCO4)c3nc12. The fraction of sp³-hybridized carbons (Fsp3) is 0.261. The van der Waals surface area contributed by atoms with Gasteiger partial charge in [-0.3, -0.25) is 9.20 Å². The van der Waals surface area contributed by atoms with Crippen molar-refractivity contribution < 1.29 is 17.7 Å². The standard InChI is InChI=1S/C23H22N4O4S/c1-15-7-5-11-26-21(15)25-22-18(23(26)28)13-19(32(29,30)17-9-3-2-4-10-17)20(24)27(22)14-16-8-6-12-31-16/h2-5,7,9-11,13,16,24H,6,8,12,14H2,1H3/p+1. The molecule has 0 spiro atoms. The van der Waals surface area contributed by atoms with Crippen LogP contribution in [0.25, 0.3) is 16.7 Å². The molecule has 9 heteroatoms. The minimum Gasteiger partial charge on any atom is -0.375 e. The third-order valence-electron chi connectivity index (χ3n) is 5.89. The number of hydrogen-bond acceptors (Lipinski definition) is 6. The van der Waals surface area contributed by atoms with Gasteiger partial charge in [0.25, 0.3) is 11.2 Å². The lowest BCUT2D eigenvalue weighted by Crippen LogP contribution is -2.45. The van der Waals surface area contributed by atoms with Gasteiger partial charge in [-0.05, 0) is 44.0 Å². The average molecular weight is 452 g/mol. The fourth-order valence-corrected chi connectivity index (χ4v) is 5.63. The van der Waals surface area contributed by atoms with Gasteiger partial charge < -0.3 is 10.5 Å². The Hall–Kier alpha value is -3.30. The van der Waals surface area contributed by atoms with Crippen LogP contribution in [0.5, 0.6) is 0 Å². The van der Waals surface area contributed by atoms with E-state index in [1.54, 1.807) is 35.0 Å². The van der Waals surface area contributed by atoms with E-state index in [0.29, 0.717) is 24.4 Å². The first kappa shape index (κ1) is 20.6. The topological polar surface area (TPSA) is 108 Å². The third kappa shape index (κ3) is 3.25. The van der Waals surface area contributed by atoms with Gasteiger partial charge in [0, 0.05) is 18.4 Å². The van der Waals surface area contributed by atoms with Crippen LogP contribution in [0.3, 0.4) is 0 Å². The minimum absolute atomic E-state index is 0.0432. The molecule has 1 saturated heterocycles. The van der Waals surface area contributed by atoms with Gasteiger partial charge in [0.05, 0.1) is 17.5 Å². The molecular weight excluding hydrogens is 428 g/mol. The maximum atomic E-state index is 13.5. The van der Waals surface area contributed by atoms with Gasteiger partial charge >= 0.3 is 0 Å². The number of rotatable bonds is 4. The quantitative estimate of drug-likeness (QED) is 0.376. The summed E-state index contributed by atoms with van der Waals surface area (Å²) in [7, 11) is -3.96. The van der Waals surface area contributed by atoms with E-state index < -0.39 is 9.84 Å². The first-order valence-electron chi connectivity index (χ1n) is 10.4. The number of nitrogen functional groups attached to an aromatic ring is 1. The predicted octanol–water partition coefficient (Wildman–Crippen LogP) is 2.04. The highest BCUT2D eigenvalue weighted by atomic mass is 32.2. The molecule has 164 valence electrons. The number of hydrogen-bond donors (Lipinski definition) is 1. The number of anilines is 1. The number of sulfone groups is 1. The largest absolute Gasteiger partial charge is 0.375 e. The summed E-state index contributed by atoms with van der Waals surface area (Å²) < 4.78 is 35.8. The molecule has 0 radical (unpaired) electrons. The molecule has 1 fully saturated rings. The van der Waals surface area contributed by atoms with Gasteiger partial charge in [0.1, 0.15) is 10.3 Å². The molecule has 4 aromatic rings. The van der Waals surface area contributed by atoms with E-state index in [-0.39, 0.29) is 32.7 Å². The Morgan fingerprint density at radius 2 is 2.00 bits per heavy atom. The van der Waals surface area contributed by atoms with E-state index in [1.807, 2.05) is 13.0 Å². The van der Waals surface area contributed by atoms with Crippen molar-refractivity contribution in [2.75, 3.05) is 12.3 Å². The maximum Gasteiger partial charge on any atom is 0.278 e. The van der Waals surface area contributed by atoms with E-state index in [0.717, 1.165) is 18.4 Å². The van der Waals surface area contributed by atoms with Crippen LogP contribution in [0.15, 0.2) is 69.3 Å². The van der Waals surface area contributed by atoms with Crippen LogP contribution in [0.4, 0.5) is 5.82 Å². The van der Waals surface area contributed by atoms with Gasteiger partial charge in [-0.2, -0.15) is 0 Å². The first-order valence-corrected chi connectivity index (χ1v) is 11.9. The lowest BCUT2D eigenvalue weighted by Gasteiger charge is -2.15. The molecule has 1 atom stereocenters. The second-order valence-corrected chi connectivity index (χ2v) is 9.91. The molecule has 3 aromatic heterocycles. The highest BCUT2D eigenvalue weighted by Crippen LogP contribution is 2.27. The van der Waals surface area contributed by atoms with E-state index in [4.69, 9.17) is 15.5 Å². The fourth-order valence-electron chi connectivity index (χ4n) is 4.20. The second kappa shape index (κ2) is 7.68. The van der Waals surface area contributed by atoms with Crippen molar-refractivity contribution in [1.82, 2.24) is 9.38 Å². The molecule has 0 bridgehead atoms. The summed E-state index contributed by atoms with van der Waals surface area (Å²) in [6, 6.07) is 13.0. The molecule has 4 heterocycles. The van der Waals surface area contributed by atoms with Gasteiger partial charge in [0.2, 0.25) is 21.3 Å². The summed E-state index contributed by atoms with van der Waals surface area (Å²) in [6.07, 6.45) is 3.25. The molecule has 2 N–H and O–H groups in total. The summed E-state index contributed by atoms with van der Waals surface area (Å²) in [6.45, 7) is 2.83. The number of aryl methyl sites for hydroxylation is 1. The molecule has 0 aliphatic carbocycles. The first-order chi connectivity index (χ1) is 15.4. The van der Waals surface area contributed by atoms with Crippen molar-refractivity contribution in [3.05, 3.63) is 70.6 Å². The Kier molecular flexibility index (Phi) is 4.94. The van der Waals surface area contributed by atoms with Crippen molar-refractivity contribution in [3.8, 4) is 0 Å². The number of pyridine rings is 2. The molecule has 8 nitrogen and oxygen atoms in total. The molecule has 0 amide bonds. The summed E-state index contributed by atoms with van der Waals surface area (Å²) in [5.41, 5.74) is 7.80. The lowest BCUT2D eigenvalue weighted by molar-refractivity contribution is -0.667. The number of nitrogens with zero attached hydrogens (tertiary/aromatic N) is 3. The Morgan fingerprint density at radius 1 is 1.22 bits per heavy atom. The summed E-state index contributed by atoms with van der Waals surface area (Å²) in [4.78, 5) is 18.1. The zero-order valence-electron chi connectivity index (χ0n) is 17.6. The van der Waals surface area contributed by atoms with E-state index in [9.17, 15) is 13.2 Å². The summed E-state index contributed by atoms with van der Waals surface area (Å²) in [5.74, 6) is 0.0432. The van der Waals surface area contributed by atoms with Crippen molar-refractivity contribution in [2.45, 2.75) is 42.2 Å². The molecule has 32 heavy (non-hydrogen) atoms. The van der Waals surface area contributed by atoms with Crippen LogP contribution in [0.2, 0.25) is 0 Å². The van der Waals surface area contributed by atoms with Crippen molar-refractivity contribution in [2.24, 2.45) is 0 Å². The number of fused-ring (bicyclic) bond motifs is 2. The Bertz CT molecular complexity index is 1510. The molecule has 1 aromatic carbocycles. The van der Waals surface area contributed by atoms with Gasteiger partial charge in [0.15, 0.2) is 0 Å². The van der Waals surface area contributed by atoms with Crippen molar-refractivity contribution in [1.29, 1.82) is 0 Å². The smallest absolute Gasteiger partial charge is 0.278 e. The molecule has 0 saturated carbocycles. The maximum absolute atomic E-state index is 13.5. The Morgan fingerprint density at radius 3 is 2.72 bits per heavy atom. The van der Waals surface area contributed by atoms with Gasteiger partial charge in [-0.1, -0.05) is 29.2 Å². The highest BCUT2D eigenvalue weighted by molar-refractivity contribution is 7.91. The van der Waals surface area contributed by atoms with Crippen molar-refractivity contribution in [3.63, 3.8) is 0 Å². The minimum atomic E-state index is -3.96. The van der Waals surface area contributed by atoms with Crippen LogP contribution in [-0.2, 0) is 21.1 Å². The lowest BCUT2D eigenvalue weighted by atomic mass is 10.2. The van der Waals surface area contributed by atoms with Crippen LogP contribution >= 0.6 is 0 Å². The number of ether oxygens (including phenoxy) is 1. The number of nitrogens with two attached hydrogens (primary N) is 1. The van der Waals surface area contributed by atoms with Crippen LogP contribution in [0.1, 0.15) is 18.4 Å². The second-order valence-electron chi connectivity index (χ2n) is 7.99. The van der Waals surface area contributed by atoms with Crippen LogP contribution in [0, 0.1) is 6.92 Å². The Labute approximate surface area is 184 Å². The Balaban J connectivity index is 1.86.